The van der Waals surface area contributed by atoms with Crippen LogP contribution in [0.5, 0.6) is 0 Å². The number of carbonyl (C=O) groups excluding carboxylic acids is 1. The van der Waals surface area contributed by atoms with Gasteiger partial charge in [0.25, 0.3) is 0 Å². The van der Waals surface area contributed by atoms with E-state index in [4.69, 9.17) is 10.7 Å². The third kappa shape index (κ3) is 4.50. The maximum Gasteiger partial charge on any atom is 0.236 e. The Kier molecular flexibility index (Phi) is 5.94. The molecule has 4 rings (SSSR count). The van der Waals surface area contributed by atoms with Gasteiger partial charge in [-0.3, -0.25) is 9.69 Å². The molecule has 2 aliphatic rings. The third-order valence-electron chi connectivity index (χ3n) is 6.52. The molecule has 2 aromatic rings. The normalized spacial score (nSPS) is 21.4. The molecule has 2 aromatic heterocycles. The average molecular weight is 397 g/mol. The van der Waals surface area contributed by atoms with Crippen LogP contribution < -0.4 is 5.73 Å². The van der Waals surface area contributed by atoms with Crippen molar-refractivity contribution in [2.45, 2.75) is 63.8 Å². The van der Waals surface area contributed by atoms with E-state index in [-0.39, 0.29) is 5.91 Å². The summed E-state index contributed by atoms with van der Waals surface area (Å²) in [5.74, 6) is 1.69. The van der Waals surface area contributed by atoms with Crippen LogP contribution in [0.3, 0.4) is 0 Å². The van der Waals surface area contributed by atoms with Crippen LogP contribution in [0.4, 0.5) is 5.82 Å². The second-order valence-corrected chi connectivity index (χ2v) is 8.63. The van der Waals surface area contributed by atoms with E-state index in [1.807, 2.05) is 31.0 Å². The number of hydrogen-bond acceptors (Lipinski definition) is 6. The predicted molar refractivity (Wildman–Crippen MR) is 115 cm³/mol. The van der Waals surface area contributed by atoms with Gasteiger partial charge in [0, 0.05) is 31.2 Å². The molecule has 0 aromatic carbocycles. The Labute approximate surface area is 172 Å². The van der Waals surface area contributed by atoms with E-state index in [0.717, 1.165) is 49.9 Å². The van der Waals surface area contributed by atoms with E-state index in [1.54, 1.807) is 0 Å². The predicted octanol–water partition coefficient (Wildman–Crippen LogP) is 2.89. The number of nitrogen functional groups attached to an aromatic ring is 1. The smallest absolute Gasteiger partial charge is 0.236 e. The van der Waals surface area contributed by atoms with Crippen molar-refractivity contribution in [2.24, 2.45) is 0 Å². The number of aryl methyl sites for hydroxylation is 1. The fourth-order valence-electron chi connectivity index (χ4n) is 4.80. The third-order valence-corrected chi connectivity index (χ3v) is 6.52. The standard InChI is InChI=1S/C22H32N6O/c1-15-24-21(23)18-10-11-19(26-22(18)25-15)16-7-6-12-28(13-16)14-20(29)27(2)17-8-4-3-5-9-17/h10-11,16-17H,3-9,12-14H2,1-2H3,(H2,23,24,25,26)/t16-/m0/s1. The molecule has 156 valence electrons. The van der Waals surface area contributed by atoms with Gasteiger partial charge in [0.05, 0.1) is 11.9 Å². The Morgan fingerprint density at radius 2 is 1.93 bits per heavy atom. The second kappa shape index (κ2) is 8.61. The lowest BCUT2D eigenvalue weighted by atomic mass is 9.93. The monoisotopic (exact) mass is 396 g/mol. The maximum atomic E-state index is 12.8. The van der Waals surface area contributed by atoms with Crippen molar-refractivity contribution in [1.82, 2.24) is 24.8 Å². The number of likely N-dealkylation sites (N-methyl/N-ethyl adjacent to an activating group) is 1. The van der Waals surface area contributed by atoms with E-state index in [1.165, 1.54) is 19.3 Å². The summed E-state index contributed by atoms with van der Waals surface area (Å²) in [6.45, 7) is 4.18. The van der Waals surface area contributed by atoms with E-state index < -0.39 is 0 Å². The molecule has 1 saturated heterocycles. The lowest BCUT2D eigenvalue weighted by molar-refractivity contribution is -0.134. The fourth-order valence-corrected chi connectivity index (χ4v) is 4.80. The second-order valence-electron chi connectivity index (χ2n) is 8.63. The van der Waals surface area contributed by atoms with Crippen molar-refractivity contribution in [2.75, 3.05) is 32.4 Å². The molecule has 2 fully saturated rings. The highest BCUT2D eigenvalue weighted by Crippen LogP contribution is 2.28. The first kappa shape index (κ1) is 20.0. The van der Waals surface area contributed by atoms with Crippen molar-refractivity contribution in [3.05, 3.63) is 23.7 Å². The molecule has 1 saturated carbocycles. The number of amides is 1. The fraction of sp³-hybridized carbons (Fsp3) is 0.636. The molecule has 0 radical (unpaired) electrons. The zero-order chi connectivity index (χ0) is 20.4. The van der Waals surface area contributed by atoms with Gasteiger partial charge < -0.3 is 10.6 Å². The Bertz CT molecular complexity index is 879. The lowest BCUT2D eigenvalue weighted by Gasteiger charge is -2.36. The van der Waals surface area contributed by atoms with Crippen molar-refractivity contribution < 1.29 is 4.79 Å². The molecule has 1 amide bonds. The van der Waals surface area contributed by atoms with Crippen LogP contribution in [0, 0.1) is 6.92 Å². The van der Waals surface area contributed by atoms with Gasteiger partial charge in [0.2, 0.25) is 5.91 Å². The van der Waals surface area contributed by atoms with Crippen molar-refractivity contribution >= 4 is 22.8 Å². The van der Waals surface area contributed by atoms with Gasteiger partial charge in [-0.25, -0.2) is 15.0 Å². The first-order valence-electron chi connectivity index (χ1n) is 10.9. The average Bonchev–Trinajstić information content (AvgIpc) is 2.73. The first-order chi connectivity index (χ1) is 14.0. The van der Waals surface area contributed by atoms with Gasteiger partial charge in [0.1, 0.15) is 11.6 Å². The number of fused-ring (bicyclic) bond motifs is 1. The van der Waals surface area contributed by atoms with Crippen molar-refractivity contribution in [3.63, 3.8) is 0 Å². The number of likely N-dealkylation sites (tertiary alicyclic amines) is 1. The number of anilines is 1. The van der Waals surface area contributed by atoms with Crippen LogP contribution in [0.25, 0.3) is 11.0 Å². The van der Waals surface area contributed by atoms with Crippen LogP contribution in [0.15, 0.2) is 12.1 Å². The van der Waals surface area contributed by atoms with E-state index >= 15 is 0 Å². The van der Waals surface area contributed by atoms with Gasteiger partial charge in [-0.05, 0) is 51.3 Å². The molecule has 7 heteroatoms. The topological polar surface area (TPSA) is 88.2 Å². The summed E-state index contributed by atoms with van der Waals surface area (Å²) in [6, 6.07) is 4.45. The highest BCUT2D eigenvalue weighted by Gasteiger charge is 2.27. The molecule has 0 bridgehead atoms. The summed E-state index contributed by atoms with van der Waals surface area (Å²) >= 11 is 0. The molecule has 7 nitrogen and oxygen atoms in total. The van der Waals surface area contributed by atoms with Crippen LogP contribution in [-0.2, 0) is 4.79 Å². The Morgan fingerprint density at radius 1 is 1.14 bits per heavy atom. The molecule has 0 unspecified atom stereocenters. The Balaban J connectivity index is 1.43. The van der Waals surface area contributed by atoms with Crippen LogP contribution in [0.2, 0.25) is 0 Å². The molecule has 1 atom stereocenters. The quantitative estimate of drug-likeness (QED) is 0.855. The van der Waals surface area contributed by atoms with Gasteiger partial charge in [-0.1, -0.05) is 19.3 Å². The highest BCUT2D eigenvalue weighted by molar-refractivity contribution is 5.85. The SMILES string of the molecule is Cc1nc(N)c2ccc([C@H]3CCCN(CC(=O)N(C)C4CCCCC4)C3)nc2n1. The summed E-state index contributed by atoms with van der Waals surface area (Å²) in [5.41, 5.74) is 7.71. The first-order valence-corrected chi connectivity index (χ1v) is 10.9. The van der Waals surface area contributed by atoms with Crippen LogP contribution >= 0.6 is 0 Å². The zero-order valence-corrected chi connectivity index (χ0v) is 17.6. The Hall–Kier alpha value is -2.28. The summed E-state index contributed by atoms with van der Waals surface area (Å²) in [5, 5.41) is 0.802. The molecule has 1 aliphatic carbocycles. The molecule has 1 aliphatic heterocycles. The largest absolute Gasteiger partial charge is 0.383 e. The molecule has 0 spiro atoms. The van der Waals surface area contributed by atoms with E-state index in [0.29, 0.717) is 35.8 Å². The summed E-state index contributed by atoms with van der Waals surface area (Å²) in [6.07, 6.45) is 8.26. The van der Waals surface area contributed by atoms with Crippen molar-refractivity contribution in [3.8, 4) is 0 Å². The minimum absolute atomic E-state index is 0.250. The van der Waals surface area contributed by atoms with E-state index in [9.17, 15) is 4.79 Å². The van der Waals surface area contributed by atoms with E-state index in [2.05, 4.69) is 14.9 Å². The minimum Gasteiger partial charge on any atom is -0.383 e. The molecule has 3 heterocycles. The van der Waals surface area contributed by atoms with Crippen LogP contribution in [-0.4, -0.2) is 63.4 Å². The number of hydrogen-bond donors (Lipinski definition) is 1. The molecular weight excluding hydrogens is 364 g/mol. The summed E-state index contributed by atoms with van der Waals surface area (Å²) in [4.78, 5) is 30.6. The summed E-state index contributed by atoms with van der Waals surface area (Å²) in [7, 11) is 1.98. The molecule has 2 N–H and O–H groups in total. The highest BCUT2D eigenvalue weighted by atomic mass is 16.2. The molecule has 29 heavy (non-hydrogen) atoms. The lowest BCUT2D eigenvalue weighted by Crippen LogP contribution is -2.46. The minimum atomic E-state index is 0.250. The van der Waals surface area contributed by atoms with Gasteiger partial charge in [-0.15, -0.1) is 0 Å². The maximum absolute atomic E-state index is 12.8. The zero-order valence-electron chi connectivity index (χ0n) is 17.6. The summed E-state index contributed by atoms with van der Waals surface area (Å²) < 4.78 is 0. The molecular formula is C22H32N6O. The Morgan fingerprint density at radius 3 is 2.72 bits per heavy atom. The van der Waals surface area contributed by atoms with Crippen LogP contribution in [0.1, 0.15) is 62.4 Å². The van der Waals surface area contributed by atoms with Gasteiger partial charge >= 0.3 is 0 Å². The number of rotatable bonds is 4. The number of piperidine rings is 1. The van der Waals surface area contributed by atoms with Crippen molar-refractivity contribution in [1.29, 1.82) is 0 Å². The van der Waals surface area contributed by atoms with Gasteiger partial charge in [0.15, 0.2) is 5.65 Å². The number of pyridine rings is 1. The number of carbonyl (C=O) groups is 1. The number of nitrogens with zero attached hydrogens (tertiary/aromatic N) is 5. The number of aromatic nitrogens is 3. The van der Waals surface area contributed by atoms with Gasteiger partial charge in [-0.2, -0.15) is 0 Å². The number of nitrogens with two attached hydrogens (primary N) is 1.